The van der Waals surface area contributed by atoms with Gasteiger partial charge in [0.15, 0.2) is 0 Å². The van der Waals surface area contributed by atoms with Crippen molar-refractivity contribution in [2.24, 2.45) is 0 Å². The number of hydrogen-bond acceptors (Lipinski definition) is 4. The molecule has 0 amide bonds. The summed E-state index contributed by atoms with van der Waals surface area (Å²) in [4.78, 5) is 11.1. The van der Waals surface area contributed by atoms with E-state index in [2.05, 4.69) is 0 Å². The van der Waals surface area contributed by atoms with E-state index in [9.17, 15) is 26.4 Å². The smallest absolute Gasteiger partial charge is 0.417 e. The maximum atomic E-state index is 12.6. The summed E-state index contributed by atoms with van der Waals surface area (Å²) < 4.78 is 59.6. The lowest BCUT2D eigenvalue weighted by atomic mass is 10.1. The third-order valence-electron chi connectivity index (χ3n) is 2.25. The van der Waals surface area contributed by atoms with Gasteiger partial charge in [-0.15, -0.1) is 11.8 Å². The van der Waals surface area contributed by atoms with Crippen molar-refractivity contribution in [2.45, 2.75) is 11.1 Å². The maximum absolute atomic E-state index is 12.6. The standard InChI is InChI=1S/C11H11F3O4S2/c1-20(17,18)5-4-19-7-2-3-9(11(12,13)14)8(6-7)10(15)16/h2-3,6H,4-5H2,1H3,(H,15,16). The van der Waals surface area contributed by atoms with Crippen molar-refractivity contribution in [3.05, 3.63) is 29.3 Å². The molecule has 0 radical (unpaired) electrons. The van der Waals surface area contributed by atoms with Crippen LogP contribution < -0.4 is 0 Å². The van der Waals surface area contributed by atoms with Crippen LogP contribution in [0.4, 0.5) is 13.2 Å². The summed E-state index contributed by atoms with van der Waals surface area (Å²) >= 11 is 0.988. The summed E-state index contributed by atoms with van der Waals surface area (Å²) in [6.45, 7) is 0. The number of alkyl halides is 3. The normalized spacial score (nSPS) is 12.4. The van der Waals surface area contributed by atoms with Crippen LogP contribution in [0.2, 0.25) is 0 Å². The summed E-state index contributed by atoms with van der Waals surface area (Å²) in [5.41, 5.74) is -2.07. The summed E-state index contributed by atoms with van der Waals surface area (Å²) in [6, 6.07) is 2.71. The Kier molecular flexibility index (Phi) is 5.09. The van der Waals surface area contributed by atoms with E-state index in [1.54, 1.807) is 0 Å². The molecule has 0 aliphatic heterocycles. The number of carboxylic acid groups (broad SMARTS) is 1. The molecular weight excluding hydrogens is 317 g/mol. The second-order valence-electron chi connectivity index (χ2n) is 3.99. The monoisotopic (exact) mass is 328 g/mol. The number of rotatable bonds is 5. The summed E-state index contributed by atoms with van der Waals surface area (Å²) in [5, 5.41) is 8.80. The van der Waals surface area contributed by atoms with Crippen molar-refractivity contribution in [1.82, 2.24) is 0 Å². The third kappa shape index (κ3) is 5.04. The van der Waals surface area contributed by atoms with Crippen LogP contribution in [-0.4, -0.2) is 37.3 Å². The second kappa shape index (κ2) is 6.04. The average Bonchev–Trinajstić information content (AvgIpc) is 2.25. The second-order valence-corrected chi connectivity index (χ2v) is 7.42. The fourth-order valence-electron chi connectivity index (χ4n) is 1.35. The molecule has 0 spiro atoms. The molecule has 1 aromatic carbocycles. The Balaban J connectivity index is 2.97. The molecular formula is C11H11F3O4S2. The van der Waals surface area contributed by atoms with E-state index in [4.69, 9.17) is 5.11 Å². The number of carboxylic acids is 1. The molecule has 20 heavy (non-hydrogen) atoms. The average molecular weight is 328 g/mol. The quantitative estimate of drug-likeness (QED) is 0.841. The van der Waals surface area contributed by atoms with E-state index in [1.807, 2.05) is 0 Å². The highest BCUT2D eigenvalue weighted by Gasteiger charge is 2.35. The van der Waals surface area contributed by atoms with Gasteiger partial charge in [-0.3, -0.25) is 0 Å². The van der Waals surface area contributed by atoms with Crippen LogP contribution in [0.1, 0.15) is 15.9 Å². The van der Waals surface area contributed by atoms with Crippen LogP contribution in [0.15, 0.2) is 23.1 Å². The first-order chi connectivity index (χ1) is 9.00. The van der Waals surface area contributed by atoms with E-state index in [0.29, 0.717) is 6.07 Å². The molecule has 0 unspecified atom stereocenters. The molecule has 0 bridgehead atoms. The zero-order chi connectivity index (χ0) is 15.6. The molecule has 0 heterocycles. The number of halogens is 3. The number of aromatic carboxylic acids is 1. The Morgan fingerprint density at radius 1 is 1.35 bits per heavy atom. The van der Waals surface area contributed by atoms with Gasteiger partial charge < -0.3 is 5.11 Å². The van der Waals surface area contributed by atoms with Crippen molar-refractivity contribution < 1.29 is 31.5 Å². The minimum absolute atomic E-state index is 0.138. The molecule has 0 saturated heterocycles. The third-order valence-corrected chi connectivity index (χ3v) is 4.45. The predicted octanol–water partition coefficient (Wildman–Crippen LogP) is 2.54. The fourth-order valence-corrected chi connectivity index (χ4v) is 3.49. The molecule has 4 nitrogen and oxygen atoms in total. The summed E-state index contributed by atoms with van der Waals surface area (Å²) in [5.74, 6) is -1.67. The van der Waals surface area contributed by atoms with E-state index >= 15 is 0 Å². The molecule has 1 aromatic rings. The highest BCUT2D eigenvalue weighted by molar-refractivity contribution is 8.00. The molecule has 112 valence electrons. The molecule has 0 atom stereocenters. The molecule has 0 aliphatic carbocycles. The van der Waals surface area contributed by atoms with Crippen molar-refractivity contribution in [1.29, 1.82) is 0 Å². The van der Waals surface area contributed by atoms with Crippen molar-refractivity contribution >= 4 is 27.6 Å². The van der Waals surface area contributed by atoms with Crippen LogP contribution in [0, 0.1) is 0 Å². The lowest BCUT2D eigenvalue weighted by molar-refractivity contribution is -0.138. The van der Waals surface area contributed by atoms with Gasteiger partial charge in [0, 0.05) is 16.9 Å². The van der Waals surface area contributed by atoms with Crippen LogP contribution in [0.3, 0.4) is 0 Å². The lowest BCUT2D eigenvalue weighted by Gasteiger charge is -2.11. The maximum Gasteiger partial charge on any atom is 0.417 e. The predicted molar refractivity (Wildman–Crippen MR) is 68.8 cm³/mol. The molecule has 1 N–H and O–H groups in total. The van der Waals surface area contributed by atoms with Gasteiger partial charge in [0.2, 0.25) is 0 Å². The Bertz CT molecular complexity index is 609. The lowest BCUT2D eigenvalue weighted by Crippen LogP contribution is -2.13. The first-order valence-electron chi connectivity index (χ1n) is 5.26. The van der Waals surface area contributed by atoms with E-state index in [-0.39, 0.29) is 16.4 Å². The van der Waals surface area contributed by atoms with Crippen LogP contribution in [0.5, 0.6) is 0 Å². The van der Waals surface area contributed by atoms with Crippen LogP contribution in [-0.2, 0) is 16.0 Å². The number of carbonyl (C=O) groups is 1. The first-order valence-corrected chi connectivity index (χ1v) is 8.30. The molecule has 9 heteroatoms. The summed E-state index contributed by atoms with van der Waals surface area (Å²) in [7, 11) is -3.17. The molecule has 0 aromatic heterocycles. The van der Waals surface area contributed by atoms with Gasteiger partial charge >= 0.3 is 12.1 Å². The minimum atomic E-state index is -4.75. The van der Waals surface area contributed by atoms with E-state index < -0.39 is 33.1 Å². The Labute approximate surface area is 117 Å². The Morgan fingerprint density at radius 2 is 1.95 bits per heavy atom. The minimum Gasteiger partial charge on any atom is -0.478 e. The molecule has 1 rings (SSSR count). The SMILES string of the molecule is CS(=O)(=O)CCSc1ccc(C(F)(F)F)c(C(=O)O)c1. The van der Waals surface area contributed by atoms with Gasteiger partial charge in [0.05, 0.1) is 16.9 Å². The van der Waals surface area contributed by atoms with E-state index in [1.165, 1.54) is 0 Å². The van der Waals surface area contributed by atoms with Gasteiger partial charge in [-0.05, 0) is 18.2 Å². The van der Waals surface area contributed by atoms with E-state index in [0.717, 1.165) is 30.2 Å². The zero-order valence-corrected chi connectivity index (χ0v) is 11.9. The van der Waals surface area contributed by atoms with Gasteiger partial charge in [0.25, 0.3) is 0 Å². The zero-order valence-electron chi connectivity index (χ0n) is 10.3. The van der Waals surface area contributed by atoms with Gasteiger partial charge in [-0.1, -0.05) is 0 Å². The number of benzene rings is 1. The fraction of sp³-hybridized carbons (Fsp3) is 0.364. The molecule has 0 saturated carbocycles. The Hall–Kier alpha value is -1.22. The molecule has 0 fully saturated rings. The Morgan fingerprint density at radius 3 is 2.40 bits per heavy atom. The van der Waals surface area contributed by atoms with Gasteiger partial charge in [-0.2, -0.15) is 13.2 Å². The largest absolute Gasteiger partial charge is 0.478 e. The highest BCUT2D eigenvalue weighted by atomic mass is 32.2. The van der Waals surface area contributed by atoms with Crippen LogP contribution >= 0.6 is 11.8 Å². The van der Waals surface area contributed by atoms with Gasteiger partial charge in [-0.25, -0.2) is 13.2 Å². The number of thioether (sulfide) groups is 1. The van der Waals surface area contributed by atoms with Crippen molar-refractivity contribution in [2.75, 3.05) is 17.8 Å². The van der Waals surface area contributed by atoms with Gasteiger partial charge in [0.1, 0.15) is 9.84 Å². The number of sulfone groups is 1. The number of hydrogen-bond donors (Lipinski definition) is 1. The van der Waals surface area contributed by atoms with Crippen molar-refractivity contribution in [3.63, 3.8) is 0 Å². The van der Waals surface area contributed by atoms with Crippen molar-refractivity contribution in [3.8, 4) is 0 Å². The topological polar surface area (TPSA) is 71.4 Å². The molecule has 0 aliphatic rings. The highest BCUT2D eigenvalue weighted by Crippen LogP contribution is 2.34. The summed E-state index contributed by atoms with van der Waals surface area (Å²) in [6.07, 6.45) is -3.70. The first kappa shape index (κ1) is 16.8. The van der Waals surface area contributed by atoms with Crippen LogP contribution in [0.25, 0.3) is 0 Å².